The highest BCUT2D eigenvalue weighted by Crippen LogP contribution is 2.24. The summed E-state index contributed by atoms with van der Waals surface area (Å²) in [6.45, 7) is 7.73. The fraction of sp³-hybridized carbons (Fsp3) is 0.882. The first kappa shape index (κ1) is 56.5. The van der Waals surface area contributed by atoms with Crippen LogP contribution in [0.3, 0.4) is 0 Å². The maximum absolute atomic E-state index is 10.8. The minimum atomic E-state index is -1.48. The number of ether oxygens (including phenoxy) is 4. The Morgan fingerprint density at radius 2 is 0.710 bits per heavy atom. The van der Waals surface area contributed by atoms with E-state index in [2.05, 4.69) is 31.3 Å². The van der Waals surface area contributed by atoms with Crippen molar-refractivity contribution in [2.45, 2.75) is 177 Å². The van der Waals surface area contributed by atoms with E-state index in [0.29, 0.717) is 12.8 Å². The SMILES string of the molecule is CC(=O)NC1C(O)OC(CN=[N+]=[N-])[C@@H](O)[C@@H]1O.CC(=O)NC1C(O)OC(CO)[C@@H](O)[C@@H]1O.CCC1OC(O)C(NC(C)=O)[C@@H](O)[C@@H]1O.CCC1OC(O)C(NC(C)=O)[C@@H](O)[C@@H]1O. The Morgan fingerprint density at radius 1 is 0.468 bits per heavy atom. The molecule has 62 heavy (non-hydrogen) atoms. The summed E-state index contributed by atoms with van der Waals surface area (Å²) in [6, 6.07) is -4.19. The fourth-order valence-electron chi connectivity index (χ4n) is 6.44. The molecule has 17 N–H and O–H groups in total. The van der Waals surface area contributed by atoms with E-state index >= 15 is 0 Å². The summed E-state index contributed by atoms with van der Waals surface area (Å²) < 4.78 is 19.9. The first-order valence-electron chi connectivity index (χ1n) is 19.4. The molecule has 4 rings (SSSR count). The Balaban J connectivity index is 0.000000414. The van der Waals surface area contributed by atoms with Gasteiger partial charge in [0.15, 0.2) is 25.2 Å². The molecular weight excluding hydrogens is 842 g/mol. The van der Waals surface area contributed by atoms with Crippen molar-refractivity contribution in [3.63, 3.8) is 0 Å². The van der Waals surface area contributed by atoms with E-state index in [4.69, 9.17) is 29.6 Å². The Kier molecular flexibility index (Phi) is 24.6. The molecule has 0 aliphatic carbocycles. The number of nitrogens with one attached hydrogen (secondary N) is 4. The van der Waals surface area contributed by atoms with E-state index in [0.717, 1.165) is 0 Å². The number of carbonyl (C=O) groups excluding carboxylic acids is 4. The Labute approximate surface area is 355 Å². The van der Waals surface area contributed by atoms with E-state index in [1.54, 1.807) is 13.8 Å². The van der Waals surface area contributed by atoms with Gasteiger partial charge in [0.25, 0.3) is 0 Å². The van der Waals surface area contributed by atoms with E-state index in [-0.39, 0.29) is 6.54 Å². The number of hydrogen-bond acceptors (Lipinski definition) is 22. The van der Waals surface area contributed by atoms with Crippen LogP contribution in [0, 0.1) is 0 Å². The minimum Gasteiger partial charge on any atom is -0.394 e. The molecule has 20 atom stereocenters. The van der Waals surface area contributed by atoms with Crippen LogP contribution in [-0.4, -0.2) is 226 Å². The van der Waals surface area contributed by atoms with Gasteiger partial charge in [0, 0.05) is 32.6 Å². The molecule has 0 spiro atoms. The minimum absolute atomic E-state index is 0.224. The van der Waals surface area contributed by atoms with Gasteiger partial charge in [0.2, 0.25) is 23.6 Å². The van der Waals surface area contributed by atoms with Crippen LogP contribution >= 0.6 is 0 Å². The van der Waals surface area contributed by atoms with Crippen LogP contribution in [0.15, 0.2) is 5.11 Å². The fourth-order valence-corrected chi connectivity index (χ4v) is 6.44. The molecular formula is C34H63N7O21. The molecule has 4 saturated heterocycles. The molecule has 4 aliphatic rings. The number of hydrogen-bond donors (Lipinski definition) is 17. The standard InChI is InChI=1S/2C9H17NO5.C8H14N4O5.C8H15NO6/c2*1-3-5-7(12)8(13)6(9(14)15-5)10-4(2)11;1-3(13)11-5-7(15)6(14)4(2-10-12-9)17-8(5)16;1-3(11)9-5-7(13)6(12)4(2-10)15-8(5)14/h2*5-9,12-14H,3H2,1-2H3,(H,10,11);4-8,14-16H,2H2,1H3,(H,11,13);4-8,10,12-14H,2H2,1H3,(H,9,11)/t2*5?,6?,7-,8-,9?;2*4?,5?,6-,7-,8?/m1111/s1. The lowest BCUT2D eigenvalue weighted by Gasteiger charge is -2.40. The molecule has 4 heterocycles. The zero-order valence-electron chi connectivity index (χ0n) is 34.8. The van der Waals surface area contributed by atoms with Crippen LogP contribution in [0.25, 0.3) is 10.4 Å². The van der Waals surface area contributed by atoms with Gasteiger partial charge in [0.1, 0.15) is 79.1 Å². The summed E-state index contributed by atoms with van der Waals surface area (Å²) in [4.78, 5) is 45.6. The van der Waals surface area contributed by atoms with Gasteiger partial charge in [-0.25, -0.2) is 0 Å². The van der Waals surface area contributed by atoms with E-state index in [9.17, 15) is 80.5 Å². The molecule has 4 amide bonds. The van der Waals surface area contributed by atoms with E-state index in [1.807, 2.05) is 0 Å². The Bertz CT molecular complexity index is 1340. The summed E-state index contributed by atoms with van der Waals surface area (Å²) in [6.07, 6.45) is -18.0. The van der Waals surface area contributed by atoms with Crippen molar-refractivity contribution >= 4 is 23.6 Å². The highest BCUT2D eigenvalue weighted by molar-refractivity contribution is 5.74. The van der Waals surface area contributed by atoms with Crippen LogP contribution in [0.4, 0.5) is 0 Å². The zero-order chi connectivity index (χ0) is 47.8. The number of azide groups is 1. The lowest BCUT2D eigenvalue weighted by atomic mass is 9.95. The second-order valence-electron chi connectivity index (χ2n) is 14.5. The van der Waals surface area contributed by atoms with Gasteiger partial charge in [-0.15, -0.1) is 0 Å². The average Bonchev–Trinajstić information content (AvgIpc) is 3.20. The Hall–Kier alpha value is -3.49. The second kappa shape index (κ2) is 27.0. The number of carbonyl (C=O) groups is 4. The van der Waals surface area contributed by atoms with Gasteiger partial charge >= 0.3 is 0 Å². The zero-order valence-corrected chi connectivity index (χ0v) is 34.8. The van der Waals surface area contributed by atoms with Gasteiger partial charge in [-0.3, -0.25) is 19.2 Å². The predicted octanol–water partition coefficient (Wildman–Crippen LogP) is -8.16. The maximum atomic E-state index is 10.8. The quantitative estimate of drug-likeness (QED) is 0.0580. The molecule has 0 aromatic heterocycles. The molecule has 4 fully saturated rings. The van der Waals surface area contributed by atoms with Crippen molar-refractivity contribution in [3.05, 3.63) is 10.4 Å². The molecule has 4 aliphatic heterocycles. The number of rotatable bonds is 9. The third-order valence-corrected chi connectivity index (χ3v) is 9.67. The first-order chi connectivity index (χ1) is 28.9. The maximum Gasteiger partial charge on any atom is 0.217 e. The van der Waals surface area contributed by atoms with E-state index in [1.165, 1.54) is 27.7 Å². The third-order valence-electron chi connectivity index (χ3n) is 9.67. The highest BCUT2D eigenvalue weighted by Gasteiger charge is 2.46. The van der Waals surface area contributed by atoms with Gasteiger partial charge in [-0.05, 0) is 18.4 Å². The van der Waals surface area contributed by atoms with Gasteiger partial charge in [-0.2, -0.15) is 0 Å². The summed E-state index contributed by atoms with van der Waals surface area (Å²) in [5.41, 5.74) is 8.13. The third kappa shape index (κ3) is 16.6. The largest absolute Gasteiger partial charge is 0.394 e. The van der Waals surface area contributed by atoms with Gasteiger partial charge in [-0.1, -0.05) is 19.0 Å². The van der Waals surface area contributed by atoms with Crippen LogP contribution in [0.1, 0.15) is 54.4 Å². The van der Waals surface area contributed by atoms with Crippen molar-refractivity contribution in [1.82, 2.24) is 21.3 Å². The summed E-state index contributed by atoms with van der Waals surface area (Å²) >= 11 is 0. The van der Waals surface area contributed by atoms with Crippen molar-refractivity contribution in [3.8, 4) is 0 Å². The molecule has 360 valence electrons. The lowest BCUT2D eigenvalue weighted by molar-refractivity contribution is -0.253. The Morgan fingerprint density at radius 3 is 0.952 bits per heavy atom. The number of aliphatic hydroxyl groups is 13. The summed E-state index contributed by atoms with van der Waals surface area (Å²) in [7, 11) is 0. The average molecular weight is 906 g/mol. The molecule has 28 heteroatoms. The predicted molar refractivity (Wildman–Crippen MR) is 204 cm³/mol. The van der Waals surface area contributed by atoms with Crippen molar-refractivity contribution in [2.24, 2.45) is 5.11 Å². The van der Waals surface area contributed by atoms with Crippen molar-refractivity contribution < 1.29 is 105 Å². The second-order valence-corrected chi connectivity index (χ2v) is 14.5. The molecule has 28 nitrogen and oxygen atoms in total. The summed E-state index contributed by atoms with van der Waals surface area (Å²) in [5, 5.41) is 136. The smallest absolute Gasteiger partial charge is 0.217 e. The van der Waals surface area contributed by atoms with Crippen LogP contribution in [-0.2, 0) is 38.1 Å². The van der Waals surface area contributed by atoms with Crippen LogP contribution in [0.2, 0.25) is 0 Å². The molecule has 0 aromatic rings. The van der Waals surface area contributed by atoms with Gasteiger partial charge < -0.3 is 107 Å². The molecule has 0 bridgehead atoms. The van der Waals surface area contributed by atoms with E-state index < -0.39 is 153 Å². The first-order valence-corrected chi connectivity index (χ1v) is 19.4. The monoisotopic (exact) mass is 905 g/mol. The normalized spacial score (nSPS) is 40.1. The molecule has 0 aromatic carbocycles. The lowest BCUT2D eigenvalue weighted by Crippen LogP contribution is -2.63. The van der Waals surface area contributed by atoms with Crippen LogP contribution < -0.4 is 21.3 Å². The molecule has 0 radical (unpaired) electrons. The molecule has 0 saturated carbocycles. The van der Waals surface area contributed by atoms with Gasteiger partial charge in [0.05, 0.1) is 31.5 Å². The topological polar surface area (TPSA) is 465 Å². The summed E-state index contributed by atoms with van der Waals surface area (Å²) in [5.74, 6) is -1.73. The number of nitrogens with zero attached hydrogens (tertiary/aromatic N) is 3. The van der Waals surface area contributed by atoms with Crippen LogP contribution in [0.5, 0.6) is 0 Å². The molecule has 12 unspecified atom stereocenters. The number of amides is 4. The van der Waals surface area contributed by atoms with Crippen molar-refractivity contribution in [1.29, 1.82) is 0 Å². The number of aliphatic hydroxyl groups excluding tert-OH is 13. The highest BCUT2D eigenvalue weighted by atomic mass is 16.6. The van der Waals surface area contributed by atoms with Crippen molar-refractivity contribution in [2.75, 3.05) is 13.2 Å².